The Morgan fingerprint density at radius 1 is 0.909 bits per heavy atom. The van der Waals surface area contributed by atoms with Gasteiger partial charge in [0.15, 0.2) is 0 Å². The second-order valence-electron chi connectivity index (χ2n) is 6.83. The van der Waals surface area contributed by atoms with Crippen LogP contribution in [0.15, 0.2) is 0 Å². The Bertz CT molecular complexity index is 303. The van der Waals surface area contributed by atoms with Crippen LogP contribution < -0.4 is 0 Å². The Hall–Kier alpha value is -0.930. The van der Waals surface area contributed by atoms with Gasteiger partial charge in [-0.25, -0.2) is 0 Å². The highest BCUT2D eigenvalue weighted by atomic mass is 16.6. The molecule has 0 radical (unpaired) electrons. The fraction of sp³-hybridized carbons (Fsp3) is 0.944. The molecule has 0 aromatic heterocycles. The Labute approximate surface area is 136 Å². The van der Waals surface area contributed by atoms with E-state index in [9.17, 15) is 14.9 Å². The highest BCUT2D eigenvalue weighted by molar-refractivity contribution is 5.82. The third-order valence-electron chi connectivity index (χ3n) is 4.10. The SMILES string of the molecule is CCCCCCCCCCCCC(=O)C(CC(C)C)[N+](=O)[O-]. The van der Waals surface area contributed by atoms with Crippen molar-refractivity contribution in [1.82, 2.24) is 0 Å². The Kier molecular flexibility index (Phi) is 13.1. The number of rotatable bonds is 15. The number of Topliss-reactive ketones (excluding diaryl/α,β-unsaturated/α-hetero) is 1. The molecule has 0 bridgehead atoms. The summed E-state index contributed by atoms with van der Waals surface area (Å²) in [5.41, 5.74) is 0. The largest absolute Gasteiger partial charge is 0.292 e. The van der Waals surface area contributed by atoms with Crippen LogP contribution in [-0.4, -0.2) is 16.7 Å². The molecule has 0 amide bonds. The lowest BCUT2D eigenvalue weighted by molar-refractivity contribution is -0.509. The van der Waals surface area contributed by atoms with Crippen LogP contribution in [0.4, 0.5) is 0 Å². The maximum absolute atomic E-state index is 11.9. The average Bonchev–Trinajstić information content (AvgIpc) is 2.46. The summed E-state index contributed by atoms with van der Waals surface area (Å²) < 4.78 is 0. The van der Waals surface area contributed by atoms with Gasteiger partial charge in [-0.15, -0.1) is 0 Å². The van der Waals surface area contributed by atoms with Crippen LogP contribution in [0.1, 0.15) is 97.8 Å². The number of nitro groups is 1. The zero-order valence-corrected chi connectivity index (χ0v) is 14.8. The number of ketones is 1. The first-order valence-electron chi connectivity index (χ1n) is 9.15. The van der Waals surface area contributed by atoms with Gasteiger partial charge in [0, 0.05) is 17.8 Å². The minimum atomic E-state index is -0.987. The predicted molar refractivity (Wildman–Crippen MR) is 91.7 cm³/mol. The molecule has 0 aromatic carbocycles. The average molecular weight is 313 g/mol. The van der Waals surface area contributed by atoms with Crippen LogP contribution in [0, 0.1) is 16.0 Å². The molecule has 0 aliphatic carbocycles. The second kappa shape index (κ2) is 13.7. The van der Waals surface area contributed by atoms with Crippen molar-refractivity contribution in [3.63, 3.8) is 0 Å². The number of hydrogen-bond donors (Lipinski definition) is 0. The molecule has 0 saturated heterocycles. The highest BCUT2D eigenvalue weighted by Gasteiger charge is 2.29. The first-order valence-corrected chi connectivity index (χ1v) is 9.15. The van der Waals surface area contributed by atoms with Crippen molar-refractivity contribution in [2.75, 3.05) is 0 Å². The molecule has 0 heterocycles. The first kappa shape index (κ1) is 21.1. The van der Waals surface area contributed by atoms with Crippen LogP contribution >= 0.6 is 0 Å². The Morgan fingerprint density at radius 3 is 1.77 bits per heavy atom. The van der Waals surface area contributed by atoms with Crippen LogP contribution in [0.3, 0.4) is 0 Å². The first-order chi connectivity index (χ1) is 10.5. The minimum absolute atomic E-state index is 0.182. The van der Waals surface area contributed by atoms with E-state index in [0.29, 0.717) is 12.8 Å². The molecule has 0 aromatic rings. The summed E-state index contributed by atoms with van der Waals surface area (Å²) in [6, 6.07) is -0.987. The molecule has 4 heteroatoms. The van der Waals surface area contributed by atoms with Crippen molar-refractivity contribution in [1.29, 1.82) is 0 Å². The topological polar surface area (TPSA) is 60.2 Å². The molecule has 0 N–H and O–H groups in total. The van der Waals surface area contributed by atoms with Crippen molar-refractivity contribution in [3.8, 4) is 0 Å². The molecular weight excluding hydrogens is 278 g/mol. The van der Waals surface area contributed by atoms with Gasteiger partial charge in [0.1, 0.15) is 0 Å². The molecule has 0 aliphatic heterocycles. The third kappa shape index (κ3) is 11.7. The number of carbonyl (C=O) groups excluding carboxylic acids is 1. The standard InChI is InChI=1S/C18H35NO3/c1-4-5-6-7-8-9-10-11-12-13-14-18(20)17(19(21)22)15-16(2)3/h16-17H,4-15H2,1-3H3. The van der Waals surface area contributed by atoms with Crippen molar-refractivity contribution in [2.24, 2.45) is 5.92 Å². The van der Waals surface area contributed by atoms with E-state index in [4.69, 9.17) is 0 Å². The lowest BCUT2D eigenvalue weighted by atomic mass is 9.97. The van der Waals surface area contributed by atoms with Crippen molar-refractivity contribution < 1.29 is 9.72 Å². The normalized spacial score (nSPS) is 12.5. The van der Waals surface area contributed by atoms with E-state index in [2.05, 4.69) is 6.92 Å². The Balaban J connectivity index is 3.60. The van der Waals surface area contributed by atoms with E-state index in [-0.39, 0.29) is 11.7 Å². The quantitative estimate of drug-likeness (QED) is 0.226. The summed E-state index contributed by atoms with van der Waals surface area (Å²) in [7, 11) is 0. The molecular formula is C18H35NO3. The molecule has 0 rings (SSSR count). The lowest BCUT2D eigenvalue weighted by Gasteiger charge is -2.10. The number of carbonyl (C=O) groups is 1. The molecule has 1 unspecified atom stereocenters. The number of hydrogen-bond acceptors (Lipinski definition) is 3. The van der Waals surface area contributed by atoms with Gasteiger partial charge in [-0.1, -0.05) is 78.6 Å². The lowest BCUT2D eigenvalue weighted by Crippen LogP contribution is -2.30. The van der Waals surface area contributed by atoms with Crippen molar-refractivity contribution in [3.05, 3.63) is 10.1 Å². The third-order valence-corrected chi connectivity index (χ3v) is 4.10. The van der Waals surface area contributed by atoms with Gasteiger partial charge < -0.3 is 0 Å². The summed E-state index contributed by atoms with van der Waals surface area (Å²) >= 11 is 0. The van der Waals surface area contributed by atoms with E-state index in [1.165, 1.54) is 44.9 Å². The monoisotopic (exact) mass is 313 g/mol. The summed E-state index contributed by atoms with van der Waals surface area (Å²) in [6.45, 7) is 6.07. The molecule has 0 spiro atoms. The molecule has 0 saturated carbocycles. The zero-order chi connectivity index (χ0) is 16.8. The van der Waals surface area contributed by atoms with Crippen LogP contribution in [0.25, 0.3) is 0 Å². The molecule has 22 heavy (non-hydrogen) atoms. The van der Waals surface area contributed by atoms with Crippen molar-refractivity contribution >= 4 is 5.78 Å². The van der Waals surface area contributed by atoms with Crippen LogP contribution in [0.2, 0.25) is 0 Å². The maximum atomic E-state index is 11.9. The van der Waals surface area contributed by atoms with Gasteiger partial charge >= 0.3 is 0 Å². The fourth-order valence-electron chi connectivity index (χ4n) is 2.73. The van der Waals surface area contributed by atoms with Crippen molar-refractivity contribution in [2.45, 2.75) is 104 Å². The van der Waals surface area contributed by atoms with E-state index < -0.39 is 11.0 Å². The van der Waals surface area contributed by atoms with Gasteiger partial charge in [0.05, 0.1) is 0 Å². The summed E-state index contributed by atoms with van der Waals surface area (Å²) in [5.74, 6) is 0.00493. The van der Waals surface area contributed by atoms with Gasteiger partial charge in [-0.2, -0.15) is 0 Å². The van der Waals surface area contributed by atoms with Gasteiger partial charge in [-0.05, 0) is 12.3 Å². The van der Waals surface area contributed by atoms with E-state index in [1.54, 1.807) is 0 Å². The second-order valence-corrected chi connectivity index (χ2v) is 6.83. The fourth-order valence-corrected chi connectivity index (χ4v) is 2.73. The molecule has 1 atom stereocenters. The molecule has 4 nitrogen and oxygen atoms in total. The van der Waals surface area contributed by atoms with Gasteiger partial charge in [-0.3, -0.25) is 14.9 Å². The predicted octanol–water partition coefficient (Wildman–Crippen LogP) is 5.56. The van der Waals surface area contributed by atoms with E-state index in [0.717, 1.165) is 19.3 Å². The van der Waals surface area contributed by atoms with Gasteiger partial charge in [0.2, 0.25) is 5.78 Å². The highest BCUT2D eigenvalue weighted by Crippen LogP contribution is 2.14. The molecule has 0 aliphatic rings. The minimum Gasteiger partial charge on any atom is -0.292 e. The molecule has 130 valence electrons. The van der Waals surface area contributed by atoms with Crippen LogP contribution in [-0.2, 0) is 4.79 Å². The zero-order valence-electron chi connectivity index (χ0n) is 14.8. The number of nitrogens with zero attached hydrogens (tertiary/aromatic N) is 1. The van der Waals surface area contributed by atoms with Gasteiger partial charge in [0.25, 0.3) is 6.04 Å². The summed E-state index contributed by atoms with van der Waals surface area (Å²) in [5, 5.41) is 10.9. The number of unbranched alkanes of at least 4 members (excludes halogenated alkanes) is 9. The maximum Gasteiger partial charge on any atom is 0.270 e. The summed E-state index contributed by atoms with van der Waals surface area (Å²) in [4.78, 5) is 22.5. The van der Waals surface area contributed by atoms with Crippen LogP contribution in [0.5, 0.6) is 0 Å². The Morgan fingerprint density at radius 2 is 1.36 bits per heavy atom. The van der Waals surface area contributed by atoms with E-state index in [1.807, 2.05) is 13.8 Å². The summed E-state index contributed by atoms with van der Waals surface area (Å²) in [6.07, 6.45) is 12.8. The molecule has 0 fully saturated rings. The van der Waals surface area contributed by atoms with E-state index >= 15 is 0 Å². The smallest absolute Gasteiger partial charge is 0.270 e.